The summed E-state index contributed by atoms with van der Waals surface area (Å²) in [6.45, 7) is 4.21. The molecule has 0 aliphatic heterocycles. The van der Waals surface area contributed by atoms with Crippen LogP contribution in [0.5, 0.6) is 0 Å². The van der Waals surface area contributed by atoms with Gasteiger partial charge in [-0.1, -0.05) is 55.7 Å². The van der Waals surface area contributed by atoms with Crippen LogP contribution in [0.25, 0.3) is 0 Å². The molecule has 0 radical (unpaired) electrons. The number of rotatable bonds is 8. The van der Waals surface area contributed by atoms with Crippen LogP contribution in [-0.4, -0.2) is 5.78 Å². The first kappa shape index (κ1) is 14.7. The first-order chi connectivity index (χ1) is 8.72. The molecule has 0 heterocycles. The smallest absolute Gasteiger partial charge is 0.155 e. The van der Waals surface area contributed by atoms with E-state index < -0.39 is 0 Å². The van der Waals surface area contributed by atoms with Gasteiger partial charge in [-0.25, -0.2) is 0 Å². The molecule has 0 amide bonds. The zero-order valence-electron chi connectivity index (χ0n) is 11.6. The molecule has 0 saturated heterocycles. The minimum Gasteiger partial charge on any atom is -0.295 e. The standard InChI is InChI=1S/C17H24O/c1-3-4-6-11-17(18)14-15(2)12-13-16-9-7-5-8-10-16/h5,7-10,14H,3-4,6,11-13H2,1-2H3/b15-14+. The Labute approximate surface area is 111 Å². The molecular weight excluding hydrogens is 220 g/mol. The molecule has 0 spiro atoms. The third kappa shape index (κ3) is 6.39. The lowest BCUT2D eigenvalue weighted by Gasteiger charge is -2.02. The van der Waals surface area contributed by atoms with Crippen molar-refractivity contribution in [3.8, 4) is 0 Å². The van der Waals surface area contributed by atoms with Gasteiger partial charge in [0.1, 0.15) is 0 Å². The van der Waals surface area contributed by atoms with Crippen molar-refractivity contribution in [3.63, 3.8) is 0 Å². The Morgan fingerprint density at radius 3 is 2.50 bits per heavy atom. The normalized spacial score (nSPS) is 11.6. The van der Waals surface area contributed by atoms with E-state index in [1.807, 2.05) is 12.1 Å². The largest absolute Gasteiger partial charge is 0.295 e. The van der Waals surface area contributed by atoms with Gasteiger partial charge in [-0.05, 0) is 37.8 Å². The summed E-state index contributed by atoms with van der Waals surface area (Å²) in [7, 11) is 0. The summed E-state index contributed by atoms with van der Waals surface area (Å²) in [5, 5.41) is 0. The number of allylic oxidation sites excluding steroid dienone is 2. The molecule has 1 aromatic rings. The van der Waals surface area contributed by atoms with Gasteiger partial charge >= 0.3 is 0 Å². The number of benzene rings is 1. The number of hydrogen-bond donors (Lipinski definition) is 0. The highest BCUT2D eigenvalue weighted by Gasteiger charge is 1.99. The summed E-state index contributed by atoms with van der Waals surface area (Å²) >= 11 is 0. The van der Waals surface area contributed by atoms with Crippen LogP contribution in [0.1, 0.15) is 51.5 Å². The van der Waals surface area contributed by atoms with Gasteiger partial charge in [-0.15, -0.1) is 0 Å². The van der Waals surface area contributed by atoms with E-state index in [0.29, 0.717) is 6.42 Å². The number of carbonyl (C=O) groups is 1. The highest BCUT2D eigenvalue weighted by molar-refractivity contribution is 5.90. The Morgan fingerprint density at radius 1 is 1.11 bits per heavy atom. The van der Waals surface area contributed by atoms with Crippen molar-refractivity contribution >= 4 is 5.78 Å². The fraction of sp³-hybridized carbons (Fsp3) is 0.471. The molecule has 0 fully saturated rings. The Hall–Kier alpha value is -1.37. The molecule has 0 atom stereocenters. The average Bonchev–Trinajstić information content (AvgIpc) is 2.38. The number of carbonyl (C=O) groups excluding carboxylic acids is 1. The summed E-state index contributed by atoms with van der Waals surface area (Å²) in [4.78, 5) is 11.7. The van der Waals surface area contributed by atoms with E-state index in [1.165, 1.54) is 17.6 Å². The Balaban J connectivity index is 2.31. The number of ketones is 1. The maximum atomic E-state index is 11.7. The molecule has 1 rings (SSSR count). The highest BCUT2D eigenvalue weighted by Crippen LogP contribution is 2.10. The van der Waals surface area contributed by atoms with Gasteiger partial charge < -0.3 is 0 Å². The topological polar surface area (TPSA) is 17.1 Å². The fourth-order valence-corrected chi connectivity index (χ4v) is 1.95. The summed E-state index contributed by atoms with van der Waals surface area (Å²) < 4.78 is 0. The molecule has 1 aromatic carbocycles. The zero-order chi connectivity index (χ0) is 13.2. The fourth-order valence-electron chi connectivity index (χ4n) is 1.95. The van der Waals surface area contributed by atoms with E-state index in [-0.39, 0.29) is 5.78 Å². The van der Waals surface area contributed by atoms with Crippen LogP contribution >= 0.6 is 0 Å². The summed E-state index contributed by atoms with van der Waals surface area (Å²) in [5.41, 5.74) is 2.53. The molecule has 0 unspecified atom stereocenters. The van der Waals surface area contributed by atoms with Gasteiger partial charge in [0, 0.05) is 6.42 Å². The molecule has 1 heteroatoms. The van der Waals surface area contributed by atoms with E-state index in [9.17, 15) is 4.79 Å². The molecule has 0 aromatic heterocycles. The molecule has 1 nitrogen and oxygen atoms in total. The van der Waals surface area contributed by atoms with E-state index in [4.69, 9.17) is 0 Å². The lowest BCUT2D eigenvalue weighted by Crippen LogP contribution is -1.95. The van der Waals surface area contributed by atoms with Gasteiger partial charge in [0.2, 0.25) is 0 Å². The minimum atomic E-state index is 0.286. The summed E-state index contributed by atoms with van der Waals surface area (Å²) in [5.74, 6) is 0.286. The van der Waals surface area contributed by atoms with E-state index in [1.54, 1.807) is 0 Å². The van der Waals surface area contributed by atoms with Crippen LogP contribution in [0.4, 0.5) is 0 Å². The molecule has 0 saturated carbocycles. The third-order valence-electron chi connectivity index (χ3n) is 3.08. The molecule has 98 valence electrons. The van der Waals surface area contributed by atoms with E-state index >= 15 is 0 Å². The van der Waals surface area contributed by atoms with Crippen LogP contribution in [0.3, 0.4) is 0 Å². The second-order valence-electron chi connectivity index (χ2n) is 4.90. The van der Waals surface area contributed by atoms with Gasteiger partial charge in [0.05, 0.1) is 0 Å². The monoisotopic (exact) mass is 244 g/mol. The third-order valence-corrected chi connectivity index (χ3v) is 3.08. The van der Waals surface area contributed by atoms with Crippen molar-refractivity contribution in [2.75, 3.05) is 0 Å². The molecule has 0 aliphatic carbocycles. The Bertz CT molecular complexity index is 376. The van der Waals surface area contributed by atoms with Crippen molar-refractivity contribution in [3.05, 3.63) is 47.5 Å². The van der Waals surface area contributed by atoms with Crippen molar-refractivity contribution in [1.82, 2.24) is 0 Å². The van der Waals surface area contributed by atoms with Crippen LogP contribution in [0.15, 0.2) is 42.0 Å². The first-order valence-electron chi connectivity index (χ1n) is 6.96. The van der Waals surface area contributed by atoms with Crippen LogP contribution in [0, 0.1) is 0 Å². The maximum Gasteiger partial charge on any atom is 0.155 e. The lowest BCUT2D eigenvalue weighted by atomic mass is 10.0. The number of unbranched alkanes of at least 4 members (excludes halogenated alkanes) is 2. The second-order valence-corrected chi connectivity index (χ2v) is 4.90. The molecule has 0 aliphatic rings. The Morgan fingerprint density at radius 2 is 1.83 bits per heavy atom. The van der Waals surface area contributed by atoms with Gasteiger partial charge in [0.25, 0.3) is 0 Å². The zero-order valence-corrected chi connectivity index (χ0v) is 11.6. The van der Waals surface area contributed by atoms with Crippen molar-refractivity contribution in [2.24, 2.45) is 0 Å². The van der Waals surface area contributed by atoms with Crippen molar-refractivity contribution in [2.45, 2.75) is 52.4 Å². The SMILES string of the molecule is CCCCCC(=O)/C=C(\C)CCc1ccccc1. The van der Waals surface area contributed by atoms with Gasteiger partial charge in [-0.2, -0.15) is 0 Å². The maximum absolute atomic E-state index is 11.7. The van der Waals surface area contributed by atoms with E-state index in [2.05, 4.69) is 38.1 Å². The van der Waals surface area contributed by atoms with Crippen LogP contribution in [-0.2, 0) is 11.2 Å². The number of aryl methyl sites for hydroxylation is 1. The quantitative estimate of drug-likeness (QED) is 0.478. The van der Waals surface area contributed by atoms with Crippen molar-refractivity contribution < 1.29 is 4.79 Å². The molecule has 0 bridgehead atoms. The number of hydrogen-bond acceptors (Lipinski definition) is 1. The van der Waals surface area contributed by atoms with Gasteiger partial charge in [-0.3, -0.25) is 4.79 Å². The predicted molar refractivity (Wildman–Crippen MR) is 77.7 cm³/mol. The van der Waals surface area contributed by atoms with E-state index in [0.717, 1.165) is 25.7 Å². The second kappa shape index (κ2) is 8.68. The summed E-state index contributed by atoms with van der Waals surface area (Å²) in [6.07, 6.45) is 7.88. The Kier molecular flexibility index (Phi) is 7.09. The van der Waals surface area contributed by atoms with Gasteiger partial charge in [0.15, 0.2) is 5.78 Å². The lowest BCUT2D eigenvalue weighted by molar-refractivity contribution is -0.114. The minimum absolute atomic E-state index is 0.286. The molecular formula is C17H24O. The highest BCUT2D eigenvalue weighted by atomic mass is 16.1. The molecule has 0 N–H and O–H groups in total. The predicted octanol–water partition coefficient (Wildman–Crippen LogP) is 4.71. The molecule has 18 heavy (non-hydrogen) atoms. The van der Waals surface area contributed by atoms with Crippen molar-refractivity contribution in [1.29, 1.82) is 0 Å². The average molecular weight is 244 g/mol. The summed E-state index contributed by atoms with van der Waals surface area (Å²) in [6, 6.07) is 10.4. The van der Waals surface area contributed by atoms with Crippen LogP contribution < -0.4 is 0 Å². The van der Waals surface area contributed by atoms with Crippen LogP contribution in [0.2, 0.25) is 0 Å². The first-order valence-corrected chi connectivity index (χ1v) is 6.96.